The molecule has 0 bridgehead atoms. The fourth-order valence-electron chi connectivity index (χ4n) is 3.04. The first-order chi connectivity index (χ1) is 9.89. The zero-order valence-electron chi connectivity index (χ0n) is 13.0. The van der Waals surface area contributed by atoms with Crippen LogP contribution in [0.3, 0.4) is 0 Å². The summed E-state index contributed by atoms with van der Waals surface area (Å²) in [5.74, 6) is 1.84. The molecule has 0 aliphatic heterocycles. The van der Waals surface area contributed by atoms with Crippen molar-refractivity contribution in [2.24, 2.45) is 5.92 Å². The molecule has 1 aliphatic rings. The molecule has 1 aliphatic carbocycles. The van der Waals surface area contributed by atoms with Crippen LogP contribution < -0.4 is 4.74 Å². The third kappa shape index (κ3) is 4.71. The van der Waals surface area contributed by atoms with Crippen LogP contribution in [0.15, 0.2) is 18.2 Å². The van der Waals surface area contributed by atoms with Gasteiger partial charge in [-0.2, -0.15) is 8.42 Å². The van der Waals surface area contributed by atoms with Crippen molar-refractivity contribution in [2.75, 3.05) is 20.0 Å². The van der Waals surface area contributed by atoms with E-state index >= 15 is 0 Å². The van der Waals surface area contributed by atoms with Crippen LogP contribution in [-0.2, 0) is 14.3 Å². The van der Waals surface area contributed by atoms with E-state index in [0.29, 0.717) is 18.4 Å². The molecule has 21 heavy (non-hydrogen) atoms. The van der Waals surface area contributed by atoms with Crippen molar-refractivity contribution in [2.45, 2.75) is 38.5 Å². The zero-order valence-corrected chi connectivity index (χ0v) is 13.8. The van der Waals surface area contributed by atoms with Crippen molar-refractivity contribution in [1.29, 1.82) is 0 Å². The van der Waals surface area contributed by atoms with Crippen LogP contribution in [0.2, 0.25) is 0 Å². The van der Waals surface area contributed by atoms with E-state index in [4.69, 9.17) is 8.92 Å². The van der Waals surface area contributed by atoms with E-state index in [0.717, 1.165) is 43.3 Å². The molecule has 0 atom stereocenters. The molecule has 1 fully saturated rings. The van der Waals surface area contributed by atoms with E-state index in [1.165, 1.54) is 5.56 Å². The fourth-order valence-corrected chi connectivity index (χ4v) is 3.48. The molecule has 1 aromatic rings. The fraction of sp³-hybridized carbons (Fsp3) is 0.625. The molecule has 1 saturated carbocycles. The predicted octanol–water partition coefficient (Wildman–Crippen LogP) is 3.25. The summed E-state index contributed by atoms with van der Waals surface area (Å²) in [5, 5.41) is 0. The first kappa shape index (κ1) is 16.3. The molecule has 0 heterocycles. The maximum atomic E-state index is 11.0. The monoisotopic (exact) mass is 312 g/mol. The smallest absolute Gasteiger partial charge is 0.264 e. The average molecular weight is 312 g/mol. The minimum Gasteiger partial charge on any atom is -0.496 e. The van der Waals surface area contributed by atoms with Gasteiger partial charge in [-0.25, -0.2) is 0 Å². The molecule has 2 rings (SSSR count). The predicted molar refractivity (Wildman–Crippen MR) is 83.2 cm³/mol. The lowest BCUT2D eigenvalue weighted by Gasteiger charge is -2.28. The molecular formula is C16H24O4S. The Morgan fingerprint density at radius 1 is 1.19 bits per heavy atom. The Hall–Kier alpha value is -1.07. The summed E-state index contributed by atoms with van der Waals surface area (Å²) in [6.07, 6.45) is 5.32. The van der Waals surface area contributed by atoms with Gasteiger partial charge in [0.1, 0.15) is 5.75 Å². The van der Waals surface area contributed by atoms with Crippen molar-refractivity contribution in [1.82, 2.24) is 0 Å². The summed E-state index contributed by atoms with van der Waals surface area (Å²) in [5.41, 5.74) is 2.52. The number of benzene rings is 1. The van der Waals surface area contributed by atoms with Gasteiger partial charge in [-0.15, -0.1) is 0 Å². The largest absolute Gasteiger partial charge is 0.496 e. The molecule has 0 N–H and O–H groups in total. The number of aryl methyl sites for hydroxylation is 1. The Bertz CT molecular complexity index is 572. The molecule has 0 aromatic heterocycles. The van der Waals surface area contributed by atoms with Crippen LogP contribution >= 0.6 is 0 Å². The molecule has 118 valence electrons. The molecule has 0 unspecified atom stereocenters. The summed E-state index contributed by atoms with van der Waals surface area (Å²) >= 11 is 0. The summed E-state index contributed by atoms with van der Waals surface area (Å²) in [6, 6.07) is 6.38. The Balaban J connectivity index is 1.90. The van der Waals surface area contributed by atoms with Gasteiger partial charge in [-0.05, 0) is 61.6 Å². The molecule has 0 amide bonds. The minimum atomic E-state index is -3.32. The van der Waals surface area contributed by atoms with E-state index in [1.54, 1.807) is 7.11 Å². The highest BCUT2D eigenvalue weighted by molar-refractivity contribution is 7.85. The van der Waals surface area contributed by atoms with Crippen molar-refractivity contribution in [3.05, 3.63) is 29.3 Å². The van der Waals surface area contributed by atoms with Gasteiger partial charge in [0.05, 0.1) is 20.0 Å². The van der Waals surface area contributed by atoms with E-state index in [1.807, 2.05) is 6.07 Å². The SMILES string of the molecule is COc1ccc(C2CCC(COS(C)(=O)=O)CC2)cc1C. The maximum Gasteiger partial charge on any atom is 0.264 e. The number of ether oxygens (including phenoxy) is 1. The van der Waals surface area contributed by atoms with Gasteiger partial charge in [0.15, 0.2) is 0 Å². The second-order valence-corrected chi connectivity index (χ2v) is 7.58. The number of hydrogen-bond donors (Lipinski definition) is 0. The first-order valence-corrected chi connectivity index (χ1v) is 9.19. The van der Waals surface area contributed by atoms with Crippen LogP contribution in [0.4, 0.5) is 0 Å². The van der Waals surface area contributed by atoms with Crippen LogP contribution in [-0.4, -0.2) is 28.4 Å². The van der Waals surface area contributed by atoms with Gasteiger partial charge < -0.3 is 4.74 Å². The Kier molecular flexibility index (Phi) is 5.27. The van der Waals surface area contributed by atoms with Crippen molar-refractivity contribution < 1.29 is 17.3 Å². The van der Waals surface area contributed by atoms with Crippen molar-refractivity contribution >= 4 is 10.1 Å². The van der Waals surface area contributed by atoms with Gasteiger partial charge in [-0.1, -0.05) is 12.1 Å². The van der Waals surface area contributed by atoms with E-state index in [2.05, 4.69) is 19.1 Å². The Morgan fingerprint density at radius 3 is 2.38 bits per heavy atom. The highest BCUT2D eigenvalue weighted by atomic mass is 32.2. The highest BCUT2D eigenvalue weighted by Crippen LogP contribution is 2.37. The summed E-state index contributed by atoms with van der Waals surface area (Å²) in [6.45, 7) is 2.39. The minimum absolute atomic E-state index is 0.327. The lowest BCUT2D eigenvalue weighted by molar-refractivity contribution is 0.206. The third-order valence-electron chi connectivity index (χ3n) is 4.25. The topological polar surface area (TPSA) is 52.6 Å². The molecule has 1 aromatic carbocycles. The van der Waals surface area contributed by atoms with Crippen LogP contribution in [0.1, 0.15) is 42.7 Å². The second-order valence-electron chi connectivity index (χ2n) is 5.94. The van der Waals surface area contributed by atoms with E-state index < -0.39 is 10.1 Å². The van der Waals surface area contributed by atoms with E-state index in [-0.39, 0.29) is 0 Å². The van der Waals surface area contributed by atoms with E-state index in [9.17, 15) is 8.42 Å². The summed E-state index contributed by atoms with van der Waals surface area (Å²) in [7, 11) is -1.63. The lowest BCUT2D eigenvalue weighted by atomic mass is 9.79. The lowest BCUT2D eigenvalue weighted by Crippen LogP contribution is -2.19. The summed E-state index contributed by atoms with van der Waals surface area (Å²) in [4.78, 5) is 0. The van der Waals surface area contributed by atoms with Crippen molar-refractivity contribution in [3.63, 3.8) is 0 Å². The van der Waals surface area contributed by atoms with Gasteiger partial charge >= 0.3 is 0 Å². The average Bonchev–Trinajstić information content (AvgIpc) is 2.45. The Labute approximate surface area is 127 Å². The molecule has 0 saturated heterocycles. The van der Waals surface area contributed by atoms with Crippen LogP contribution in [0.5, 0.6) is 5.75 Å². The first-order valence-electron chi connectivity index (χ1n) is 7.38. The number of hydrogen-bond acceptors (Lipinski definition) is 4. The highest BCUT2D eigenvalue weighted by Gasteiger charge is 2.23. The van der Waals surface area contributed by atoms with Crippen molar-refractivity contribution in [3.8, 4) is 5.75 Å². The zero-order chi connectivity index (χ0) is 15.5. The van der Waals surface area contributed by atoms with Gasteiger partial charge in [0.2, 0.25) is 0 Å². The third-order valence-corrected chi connectivity index (χ3v) is 4.82. The second kappa shape index (κ2) is 6.79. The van der Waals surface area contributed by atoms with Crippen LogP contribution in [0, 0.1) is 12.8 Å². The van der Waals surface area contributed by atoms with Gasteiger partial charge in [0.25, 0.3) is 10.1 Å². The standard InChI is InChI=1S/C16H24O4S/c1-12-10-15(8-9-16(12)19-2)14-6-4-13(5-7-14)11-20-21(3,17)18/h8-10,13-14H,4-7,11H2,1-3H3. The van der Waals surface area contributed by atoms with Gasteiger partial charge in [-0.3, -0.25) is 4.18 Å². The van der Waals surface area contributed by atoms with Crippen LogP contribution in [0.25, 0.3) is 0 Å². The summed E-state index contributed by atoms with van der Waals surface area (Å²) < 4.78 is 32.3. The normalized spacial score (nSPS) is 23.0. The molecule has 5 heteroatoms. The quantitative estimate of drug-likeness (QED) is 0.783. The molecule has 0 spiro atoms. The number of methoxy groups -OCH3 is 1. The maximum absolute atomic E-state index is 11.0. The Morgan fingerprint density at radius 2 is 1.86 bits per heavy atom. The number of rotatable bonds is 5. The molecule has 4 nitrogen and oxygen atoms in total. The molecular weight excluding hydrogens is 288 g/mol. The molecule has 0 radical (unpaired) electrons. The van der Waals surface area contributed by atoms with Gasteiger partial charge in [0, 0.05) is 0 Å².